The van der Waals surface area contributed by atoms with Gasteiger partial charge in [0.05, 0.1) is 14.2 Å². The molecule has 0 aliphatic carbocycles. The van der Waals surface area contributed by atoms with E-state index in [4.69, 9.17) is 9.47 Å². The number of fused-ring (bicyclic) bond motifs is 1. The number of methoxy groups -OCH3 is 2. The second-order valence-corrected chi connectivity index (χ2v) is 6.59. The van der Waals surface area contributed by atoms with Crippen LogP contribution in [0.5, 0.6) is 11.5 Å². The highest BCUT2D eigenvalue weighted by atomic mass is 79.9. The summed E-state index contributed by atoms with van der Waals surface area (Å²) >= 11 is 3.26. The molecule has 0 atom stereocenters. The molecule has 1 aromatic carbocycles. The number of aromatic nitrogens is 2. The molecule has 0 radical (unpaired) electrons. The molecule has 0 spiro atoms. The molecular weight excluding hydrogens is 421 g/mol. The standard InChI is InChI=1S/C16H12BrF3N2O2S/c1-23-12-5-13(24-2)15(19)11(14(12)18)3-8-7-22(25-20)16-10(8)4-9(17)6-21-16/h4-7H,3H2,1-2H3. The molecule has 0 unspecified atom stereocenters. The Bertz CT molecular complexity index is 921. The molecular formula is C16H12BrF3N2O2S. The highest BCUT2D eigenvalue weighted by Gasteiger charge is 2.22. The van der Waals surface area contributed by atoms with Gasteiger partial charge in [-0.25, -0.2) is 17.7 Å². The van der Waals surface area contributed by atoms with Crippen LogP contribution in [0.3, 0.4) is 0 Å². The average Bonchev–Trinajstić information content (AvgIpc) is 2.95. The van der Waals surface area contributed by atoms with E-state index in [1.807, 2.05) is 0 Å². The number of rotatable bonds is 5. The van der Waals surface area contributed by atoms with Crippen molar-refractivity contribution in [1.29, 1.82) is 0 Å². The average molecular weight is 433 g/mol. The lowest BCUT2D eigenvalue weighted by Gasteiger charge is -2.12. The minimum atomic E-state index is -0.822. The molecule has 0 saturated heterocycles. The number of ether oxygens (including phenoxy) is 2. The summed E-state index contributed by atoms with van der Waals surface area (Å²) in [4.78, 5) is 4.14. The van der Waals surface area contributed by atoms with Crippen molar-refractivity contribution in [3.05, 3.63) is 51.8 Å². The third-order valence-electron chi connectivity index (χ3n) is 3.77. The maximum absolute atomic E-state index is 14.6. The van der Waals surface area contributed by atoms with Crippen LogP contribution in [0.2, 0.25) is 0 Å². The summed E-state index contributed by atoms with van der Waals surface area (Å²) in [5.74, 6) is -1.90. The maximum atomic E-state index is 14.6. The second kappa shape index (κ2) is 7.17. The molecule has 0 fully saturated rings. The molecule has 4 nitrogen and oxygen atoms in total. The first-order chi connectivity index (χ1) is 12.0. The van der Waals surface area contributed by atoms with E-state index in [9.17, 15) is 12.7 Å². The minimum absolute atomic E-state index is 0.0388. The Hall–Kier alpha value is -1.87. The summed E-state index contributed by atoms with van der Waals surface area (Å²) in [6, 6.07) is 2.87. The van der Waals surface area contributed by atoms with Crippen LogP contribution in [0.15, 0.2) is 29.0 Å². The van der Waals surface area contributed by atoms with Gasteiger partial charge in [0.1, 0.15) is 0 Å². The van der Waals surface area contributed by atoms with Gasteiger partial charge in [-0.1, -0.05) is 0 Å². The smallest absolute Gasteiger partial charge is 0.171 e. The fourth-order valence-electron chi connectivity index (χ4n) is 2.59. The lowest BCUT2D eigenvalue weighted by Crippen LogP contribution is -2.03. The number of pyridine rings is 1. The summed E-state index contributed by atoms with van der Waals surface area (Å²) < 4.78 is 54.0. The molecule has 0 aliphatic heterocycles. The monoisotopic (exact) mass is 432 g/mol. The van der Waals surface area contributed by atoms with Crippen LogP contribution < -0.4 is 9.47 Å². The molecule has 0 bridgehead atoms. The molecule has 0 aliphatic rings. The highest BCUT2D eigenvalue weighted by molar-refractivity contribution is 9.10. The fourth-order valence-corrected chi connectivity index (χ4v) is 3.30. The maximum Gasteiger partial charge on any atom is 0.171 e. The molecule has 2 aromatic heterocycles. The fraction of sp³-hybridized carbons (Fsp3) is 0.188. The van der Waals surface area contributed by atoms with Crippen LogP contribution in [0, 0.1) is 11.6 Å². The Morgan fingerprint density at radius 2 is 1.80 bits per heavy atom. The van der Waals surface area contributed by atoms with Crippen molar-refractivity contribution in [3.63, 3.8) is 0 Å². The number of benzene rings is 1. The summed E-state index contributed by atoms with van der Waals surface area (Å²) in [5, 5.41) is 0.583. The van der Waals surface area contributed by atoms with Gasteiger partial charge in [-0.15, -0.1) is 3.89 Å². The van der Waals surface area contributed by atoms with Gasteiger partial charge in [0.15, 0.2) is 41.1 Å². The number of hydrogen-bond donors (Lipinski definition) is 0. The van der Waals surface area contributed by atoms with Gasteiger partial charge in [-0.05, 0) is 27.6 Å². The summed E-state index contributed by atoms with van der Waals surface area (Å²) in [6.07, 6.45) is 2.86. The van der Waals surface area contributed by atoms with Crippen molar-refractivity contribution < 1.29 is 22.1 Å². The van der Waals surface area contributed by atoms with Crippen molar-refractivity contribution >= 4 is 39.3 Å². The summed E-state index contributed by atoms with van der Waals surface area (Å²) in [5.41, 5.74) is 0.655. The molecule has 3 aromatic rings. The van der Waals surface area contributed by atoms with Gasteiger partial charge in [0.2, 0.25) is 0 Å². The number of hydrogen-bond acceptors (Lipinski definition) is 4. The molecule has 0 saturated carbocycles. The van der Waals surface area contributed by atoms with Crippen LogP contribution in [0.1, 0.15) is 11.1 Å². The van der Waals surface area contributed by atoms with Crippen LogP contribution >= 0.6 is 28.3 Å². The van der Waals surface area contributed by atoms with Crippen LogP contribution in [-0.4, -0.2) is 23.2 Å². The summed E-state index contributed by atoms with van der Waals surface area (Å²) in [6.45, 7) is 0. The van der Waals surface area contributed by atoms with E-state index in [0.29, 0.717) is 21.1 Å². The van der Waals surface area contributed by atoms with Crippen LogP contribution in [-0.2, 0) is 6.42 Å². The number of nitrogens with zero attached hydrogens (tertiary/aromatic N) is 2. The zero-order valence-electron chi connectivity index (χ0n) is 13.1. The highest BCUT2D eigenvalue weighted by Crippen LogP contribution is 2.35. The minimum Gasteiger partial charge on any atom is -0.494 e. The lowest BCUT2D eigenvalue weighted by atomic mass is 10.0. The Labute approximate surface area is 154 Å². The van der Waals surface area contributed by atoms with E-state index in [1.165, 1.54) is 30.6 Å². The summed E-state index contributed by atoms with van der Waals surface area (Å²) in [7, 11) is 2.57. The zero-order chi connectivity index (χ0) is 18.1. The molecule has 25 heavy (non-hydrogen) atoms. The van der Waals surface area contributed by atoms with Crippen molar-refractivity contribution in [1.82, 2.24) is 8.96 Å². The second-order valence-electron chi connectivity index (χ2n) is 5.14. The quantitative estimate of drug-likeness (QED) is 0.564. The Morgan fingerprint density at radius 1 is 1.16 bits per heavy atom. The van der Waals surface area contributed by atoms with E-state index in [2.05, 4.69) is 20.9 Å². The topological polar surface area (TPSA) is 36.3 Å². The zero-order valence-corrected chi connectivity index (χ0v) is 15.6. The third-order valence-corrected chi connectivity index (χ3v) is 4.63. The van der Waals surface area contributed by atoms with Crippen molar-refractivity contribution in [2.75, 3.05) is 14.2 Å². The Balaban J connectivity index is 2.18. The van der Waals surface area contributed by atoms with Gasteiger partial charge in [-0.3, -0.25) is 0 Å². The Kier molecular flexibility index (Phi) is 5.14. The van der Waals surface area contributed by atoms with Gasteiger partial charge < -0.3 is 9.47 Å². The number of halogens is 4. The Morgan fingerprint density at radius 3 is 2.36 bits per heavy atom. The normalized spacial score (nSPS) is 11.1. The molecule has 9 heteroatoms. The van der Waals surface area contributed by atoms with Crippen molar-refractivity contribution in [2.24, 2.45) is 0 Å². The third kappa shape index (κ3) is 3.18. The van der Waals surface area contributed by atoms with E-state index in [1.54, 1.807) is 6.07 Å². The largest absolute Gasteiger partial charge is 0.494 e. The molecule has 2 heterocycles. The first-order valence-electron chi connectivity index (χ1n) is 7.03. The van der Waals surface area contributed by atoms with Crippen molar-refractivity contribution in [2.45, 2.75) is 6.42 Å². The molecule has 0 amide bonds. The lowest BCUT2D eigenvalue weighted by molar-refractivity contribution is 0.354. The predicted molar refractivity (Wildman–Crippen MR) is 93.8 cm³/mol. The van der Waals surface area contributed by atoms with Gasteiger partial charge in [0, 0.05) is 40.3 Å². The van der Waals surface area contributed by atoms with Crippen LogP contribution in [0.4, 0.5) is 12.7 Å². The first-order valence-corrected chi connectivity index (χ1v) is 8.50. The van der Waals surface area contributed by atoms with E-state index in [0.717, 1.165) is 6.07 Å². The van der Waals surface area contributed by atoms with Gasteiger partial charge in [0.25, 0.3) is 0 Å². The van der Waals surface area contributed by atoms with E-state index < -0.39 is 11.6 Å². The van der Waals surface area contributed by atoms with Crippen molar-refractivity contribution in [3.8, 4) is 11.5 Å². The molecule has 132 valence electrons. The predicted octanol–water partition coefficient (Wildman–Crippen LogP) is 5.07. The molecule has 3 rings (SSSR count). The SMILES string of the molecule is COc1cc(OC)c(F)c(Cc2cn(SF)c3ncc(Br)cc23)c1F. The van der Waals surface area contributed by atoms with Crippen LogP contribution in [0.25, 0.3) is 11.0 Å². The van der Waals surface area contributed by atoms with Gasteiger partial charge in [-0.2, -0.15) is 0 Å². The van der Waals surface area contributed by atoms with Gasteiger partial charge >= 0.3 is 0 Å². The molecule has 0 N–H and O–H groups in total. The first kappa shape index (κ1) is 17.9. The van der Waals surface area contributed by atoms with E-state index >= 15 is 0 Å². The van der Waals surface area contributed by atoms with E-state index in [-0.39, 0.29) is 35.8 Å².